The molecular formula is C26H24F2N4O2. The van der Waals surface area contributed by atoms with Crippen molar-refractivity contribution < 1.29 is 13.5 Å². The number of methoxy groups -OCH3 is 1. The largest absolute Gasteiger partial charge is 0.494 e. The van der Waals surface area contributed by atoms with Crippen molar-refractivity contribution >= 4 is 11.5 Å². The molecule has 1 saturated carbocycles. The van der Waals surface area contributed by atoms with E-state index in [2.05, 4.69) is 9.74 Å². The molecule has 34 heavy (non-hydrogen) atoms. The van der Waals surface area contributed by atoms with Crippen LogP contribution in [0.2, 0.25) is 0 Å². The van der Waals surface area contributed by atoms with Crippen LogP contribution in [0.5, 0.6) is 5.75 Å². The number of hydrogen-bond donors (Lipinski definition) is 0. The number of halogens is 2. The fourth-order valence-electron chi connectivity index (χ4n) is 5.24. The third-order valence-electron chi connectivity index (χ3n) is 6.99. The highest BCUT2D eigenvalue weighted by Gasteiger charge is 2.33. The van der Waals surface area contributed by atoms with Crippen LogP contribution in [0.15, 0.2) is 47.3 Å². The highest BCUT2D eigenvalue weighted by atomic mass is 19.1. The molecule has 1 aliphatic carbocycles. The topological polar surface area (TPSA) is 51.7 Å². The van der Waals surface area contributed by atoms with E-state index in [0.29, 0.717) is 17.3 Å². The summed E-state index contributed by atoms with van der Waals surface area (Å²) < 4.78 is 35.3. The summed E-state index contributed by atoms with van der Waals surface area (Å²) in [5.41, 5.74) is 0.0673. The molecule has 1 saturated heterocycles. The fraction of sp³-hybridized carbons (Fsp3) is 0.346. The normalized spacial score (nSPS) is 19.5. The zero-order valence-electron chi connectivity index (χ0n) is 18.8. The number of fused-ring (bicyclic) bond motifs is 1. The van der Waals surface area contributed by atoms with Gasteiger partial charge >= 0.3 is 0 Å². The molecule has 6 nitrogen and oxygen atoms in total. The van der Waals surface area contributed by atoms with Gasteiger partial charge in [0.05, 0.1) is 19.4 Å². The molecule has 1 aromatic heterocycles. The van der Waals surface area contributed by atoms with E-state index in [1.165, 1.54) is 61.3 Å². The number of rotatable bonds is 4. The molecule has 2 aromatic carbocycles. The van der Waals surface area contributed by atoms with Crippen molar-refractivity contribution in [2.75, 3.05) is 25.1 Å². The molecule has 8 heteroatoms. The average Bonchev–Trinajstić information content (AvgIpc) is 3.31. The van der Waals surface area contributed by atoms with Gasteiger partial charge in [0.15, 0.2) is 11.6 Å². The summed E-state index contributed by atoms with van der Waals surface area (Å²) in [7, 11) is 1.36. The Morgan fingerprint density at radius 2 is 1.88 bits per heavy atom. The Hall–Kier alpha value is -3.73. The predicted octanol–water partition coefficient (Wildman–Crippen LogP) is 5.36. The first-order valence-corrected chi connectivity index (χ1v) is 11.4. The molecule has 5 rings (SSSR count). The number of benzene rings is 2. The Morgan fingerprint density at radius 3 is 2.62 bits per heavy atom. The van der Waals surface area contributed by atoms with Crippen LogP contribution in [0.3, 0.4) is 0 Å². The maximum Gasteiger partial charge on any atom is 0.260 e. The van der Waals surface area contributed by atoms with Gasteiger partial charge in [0, 0.05) is 30.8 Å². The van der Waals surface area contributed by atoms with E-state index in [1.807, 2.05) is 0 Å². The zero-order chi connectivity index (χ0) is 23.8. The number of ether oxygens (including phenoxy) is 1. The van der Waals surface area contributed by atoms with Crippen molar-refractivity contribution in [3.05, 3.63) is 75.9 Å². The van der Waals surface area contributed by atoms with Gasteiger partial charge in [-0.05, 0) is 42.9 Å². The molecule has 174 valence electrons. The van der Waals surface area contributed by atoms with E-state index in [0.717, 1.165) is 25.4 Å². The summed E-state index contributed by atoms with van der Waals surface area (Å²) in [6.45, 7) is 8.75. The molecule has 0 bridgehead atoms. The molecule has 1 aliphatic heterocycles. The molecule has 0 amide bonds. The lowest BCUT2D eigenvalue weighted by Gasteiger charge is -2.36. The second-order valence-electron chi connectivity index (χ2n) is 8.89. The molecule has 3 aromatic rings. The van der Waals surface area contributed by atoms with E-state index in [-0.39, 0.29) is 22.9 Å². The second-order valence-corrected chi connectivity index (χ2v) is 8.89. The van der Waals surface area contributed by atoms with Gasteiger partial charge in [-0.15, -0.1) is 0 Å². The molecule has 2 unspecified atom stereocenters. The van der Waals surface area contributed by atoms with Gasteiger partial charge in [-0.25, -0.2) is 18.6 Å². The van der Waals surface area contributed by atoms with Crippen LogP contribution < -0.4 is 15.2 Å². The van der Waals surface area contributed by atoms with Crippen LogP contribution >= 0.6 is 0 Å². The SMILES string of the molecule is [C-]#[N+]c1ccc(-c2nc(N3CCC4CCCC4C3)cc(=O)n2-c2ccc(OC)c(F)c2)cc1F. The van der Waals surface area contributed by atoms with Crippen molar-refractivity contribution in [2.45, 2.75) is 25.7 Å². The third kappa shape index (κ3) is 3.92. The van der Waals surface area contributed by atoms with Crippen molar-refractivity contribution in [3.63, 3.8) is 0 Å². The summed E-state index contributed by atoms with van der Waals surface area (Å²) in [5.74, 6) is 0.767. The minimum absolute atomic E-state index is 0.0508. The molecule has 0 spiro atoms. The number of hydrogen-bond acceptors (Lipinski definition) is 4. The number of nitrogens with zero attached hydrogens (tertiary/aromatic N) is 4. The maximum atomic E-state index is 14.5. The fourth-order valence-corrected chi connectivity index (χ4v) is 5.24. The van der Waals surface area contributed by atoms with E-state index < -0.39 is 17.2 Å². The maximum absolute atomic E-state index is 14.5. The van der Waals surface area contributed by atoms with Gasteiger partial charge in [-0.1, -0.05) is 25.0 Å². The lowest BCUT2D eigenvalue weighted by Crippen LogP contribution is -2.40. The van der Waals surface area contributed by atoms with Gasteiger partial charge < -0.3 is 9.64 Å². The van der Waals surface area contributed by atoms with Gasteiger partial charge in [0.2, 0.25) is 5.69 Å². The third-order valence-corrected chi connectivity index (χ3v) is 6.99. The standard InChI is InChI=1S/C26H24F2N4O2/c1-29-22-8-6-17(12-20(22)27)26-30-24(31-11-10-16-4-3-5-18(16)15-31)14-25(33)32(26)19-7-9-23(34-2)21(28)13-19/h6-9,12-14,16,18H,3-5,10-11,15H2,2H3. The Bertz CT molecular complexity index is 1350. The smallest absolute Gasteiger partial charge is 0.260 e. The van der Waals surface area contributed by atoms with Gasteiger partial charge in [-0.3, -0.25) is 9.36 Å². The van der Waals surface area contributed by atoms with Crippen molar-refractivity contribution in [1.29, 1.82) is 0 Å². The molecule has 2 fully saturated rings. The first kappa shape index (κ1) is 22.1. The highest BCUT2D eigenvalue weighted by molar-refractivity contribution is 5.65. The van der Waals surface area contributed by atoms with Crippen LogP contribution in [0.1, 0.15) is 25.7 Å². The summed E-state index contributed by atoms with van der Waals surface area (Å²) in [4.78, 5) is 23.5. The molecule has 2 heterocycles. The van der Waals surface area contributed by atoms with E-state index in [4.69, 9.17) is 16.3 Å². The molecular weight excluding hydrogens is 438 g/mol. The Kier molecular flexibility index (Phi) is 5.78. The van der Waals surface area contributed by atoms with Crippen LogP contribution in [0, 0.1) is 30.0 Å². The van der Waals surface area contributed by atoms with E-state index >= 15 is 0 Å². The Morgan fingerprint density at radius 1 is 1.06 bits per heavy atom. The first-order chi connectivity index (χ1) is 16.5. The highest BCUT2D eigenvalue weighted by Crippen LogP contribution is 2.39. The molecule has 2 atom stereocenters. The average molecular weight is 463 g/mol. The predicted molar refractivity (Wildman–Crippen MR) is 126 cm³/mol. The number of piperidine rings is 1. The zero-order valence-corrected chi connectivity index (χ0v) is 18.8. The van der Waals surface area contributed by atoms with Crippen molar-refractivity contribution in [2.24, 2.45) is 11.8 Å². The second kappa shape index (κ2) is 8.90. The van der Waals surface area contributed by atoms with Crippen LogP contribution in [-0.2, 0) is 0 Å². The summed E-state index contributed by atoms with van der Waals surface area (Å²) in [5, 5.41) is 0. The van der Waals surface area contributed by atoms with Crippen molar-refractivity contribution in [3.8, 4) is 22.8 Å². The quantitative estimate of drug-likeness (QED) is 0.490. The number of anilines is 1. The van der Waals surface area contributed by atoms with Crippen LogP contribution in [0.25, 0.3) is 21.9 Å². The lowest BCUT2D eigenvalue weighted by molar-refractivity contribution is 0.322. The lowest BCUT2D eigenvalue weighted by atomic mass is 9.89. The molecule has 2 aliphatic rings. The summed E-state index contributed by atoms with van der Waals surface area (Å²) >= 11 is 0. The van der Waals surface area contributed by atoms with Crippen LogP contribution in [-0.4, -0.2) is 29.8 Å². The van der Waals surface area contributed by atoms with Gasteiger partial charge in [0.1, 0.15) is 17.5 Å². The minimum atomic E-state index is -0.702. The van der Waals surface area contributed by atoms with Crippen LogP contribution in [0.4, 0.5) is 20.3 Å². The van der Waals surface area contributed by atoms with Gasteiger partial charge in [0.25, 0.3) is 5.56 Å². The molecule has 0 N–H and O–H groups in total. The van der Waals surface area contributed by atoms with Crippen molar-refractivity contribution in [1.82, 2.24) is 9.55 Å². The Labute approximate surface area is 196 Å². The van der Waals surface area contributed by atoms with E-state index in [1.54, 1.807) is 12.1 Å². The summed E-state index contributed by atoms with van der Waals surface area (Å²) in [6, 6.07) is 9.76. The Balaban J connectivity index is 1.65. The first-order valence-electron chi connectivity index (χ1n) is 11.4. The summed E-state index contributed by atoms with van der Waals surface area (Å²) in [6.07, 6.45) is 4.73. The molecule has 0 radical (unpaired) electrons. The minimum Gasteiger partial charge on any atom is -0.494 e. The monoisotopic (exact) mass is 462 g/mol. The number of aromatic nitrogens is 2. The van der Waals surface area contributed by atoms with Gasteiger partial charge in [-0.2, -0.15) is 0 Å². The van der Waals surface area contributed by atoms with E-state index in [9.17, 15) is 13.6 Å².